The number of fused-ring (bicyclic) bond motifs is 4. The second-order valence-corrected chi connectivity index (χ2v) is 15.3. The molecule has 0 aliphatic heterocycles. The highest BCUT2D eigenvalue weighted by Gasteiger charge is 2.23. The van der Waals surface area contributed by atoms with Gasteiger partial charge in [-0.1, -0.05) is 188 Å². The third kappa shape index (κ3) is 6.41. The molecule has 2 nitrogen and oxygen atoms in total. The van der Waals surface area contributed by atoms with Gasteiger partial charge in [0.25, 0.3) is 0 Å². The molecule has 0 saturated heterocycles. The van der Waals surface area contributed by atoms with Gasteiger partial charge in [-0.05, 0) is 109 Å². The van der Waals surface area contributed by atoms with Crippen molar-refractivity contribution in [2.24, 2.45) is 0 Å². The maximum Gasteiger partial charge on any atom is 0.135 e. The molecule has 0 amide bonds. The van der Waals surface area contributed by atoms with Crippen molar-refractivity contribution < 1.29 is 4.42 Å². The highest BCUT2D eigenvalue weighted by molar-refractivity contribution is 6.08. The molecule has 60 heavy (non-hydrogen) atoms. The van der Waals surface area contributed by atoms with Gasteiger partial charge < -0.3 is 9.32 Å². The number of furan rings is 1. The lowest BCUT2D eigenvalue weighted by molar-refractivity contribution is 0.669. The van der Waals surface area contributed by atoms with Gasteiger partial charge in [-0.2, -0.15) is 0 Å². The Morgan fingerprint density at radius 2 is 0.817 bits per heavy atom. The van der Waals surface area contributed by atoms with Crippen LogP contribution in [0.5, 0.6) is 0 Å². The molecule has 10 aromatic carbocycles. The highest BCUT2D eigenvalue weighted by atomic mass is 16.3. The first-order chi connectivity index (χ1) is 29.7. The van der Waals surface area contributed by atoms with Crippen LogP contribution in [-0.4, -0.2) is 0 Å². The van der Waals surface area contributed by atoms with E-state index in [0.29, 0.717) is 0 Å². The summed E-state index contributed by atoms with van der Waals surface area (Å²) in [4.78, 5) is 2.41. The van der Waals surface area contributed by atoms with Crippen molar-refractivity contribution in [3.05, 3.63) is 237 Å². The summed E-state index contributed by atoms with van der Waals surface area (Å²) in [5.74, 6) is 0. The summed E-state index contributed by atoms with van der Waals surface area (Å²) in [5.41, 5.74) is 16.7. The van der Waals surface area contributed by atoms with Gasteiger partial charge in [-0.15, -0.1) is 0 Å². The quantitative estimate of drug-likeness (QED) is 0.153. The Morgan fingerprint density at radius 1 is 0.283 bits per heavy atom. The summed E-state index contributed by atoms with van der Waals surface area (Å²) < 4.78 is 6.33. The zero-order valence-corrected chi connectivity index (χ0v) is 32.9. The van der Waals surface area contributed by atoms with E-state index in [1.54, 1.807) is 0 Å². The Labute approximate surface area is 349 Å². The minimum atomic E-state index is 0.870. The van der Waals surface area contributed by atoms with Gasteiger partial charge >= 0.3 is 0 Å². The molecule has 0 atom stereocenters. The van der Waals surface area contributed by atoms with Gasteiger partial charge in [0, 0.05) is 27.7 Å². The van der Waals surface area contributed by atoms with Gasteiger partial charge in [-0.3, -0.25) is 0 Å². The lowest BCUT2D eigenvalue weighted by atomic mass is 9.87. The third-order valence-electron chi connectivity index (χ3n) is 11.7. The van der Waals surface area contributed by atoms with Crippen molar-refractivity contribution in [3.8, 4) is 55.6 Å². The molecule has 0 fully saturated rings. The number of nitrogens with zero attached hydrogens (tertiary/aromatic N) is 1. The molecule has 0 saturated carbocycles. The Morgan fingerprint density at radius 3 is 1.57 bits per heavy atom. The van der Waals surface area contributed by atoms with Crippen LogP contribution in [0.25, 0.3) is 88.3 Å². The highest BCUT2D eigenvalue weighted by Crippen LogP contribution is 2.49. The molecule has 11 aromatic rings. The first-order valence-corrected chi connectivity index (χ1v) is 20.5. The summed E-state index contributed by atoms with van der Waals surface area (Å²) in [6, 6.07) is 85.0. The summed E-state index contributed by atoms with van der Waals surface area (Å²) in [5, 5.41) is 4.69. The van der Waals surface area contributed by atoms with Crippen LogP contribution in [0.4, 0.5) is 17.1 Å². The van der Waals surface area contributed by atoms with E-state index in [1.165, 1.54) is 49.7 Å². The average Bonchev–Trinajstić information content (AvgIpc) is 3.70. The van der Waals surface area contributed by atoms with E-state index in [9.17, 15) is 0 Å². The number of benzene rings is 10. The first kappa shape index (κ1) is 35.2. The van der Waals surface area contributed by atoms with Crippen LogP contribution in [0.3, 0.4) is 0 Å². The van der Waals surface area contributed by atoms with E-state index < -0.39 is 0 Å². The molecule has 0 spiro atoms. The average molecular weight is 766 g/mol. The minimum Gasteiger partial charge on any atom is -0.456 e. The summed E-state index contributed by atoms with van der Waals surface area (Å²) >= 11 is 0. The molecule has 2 heteroatoms. The lowest BCUT2D eigenvalue weighted by Crippen LogP contribution is -2.12. The standard InChI is InChI=1S/C58H39NO/c1-3-15-44(16-4-1)50-20-9-10-22-53(50)58-51(45-17-5-2-6-18-45)23-13-24-55(58)59(49-36-37-57-54(39-49)52-21-11-12-25-56(52)60-57)48-34-32-42(33-35-48)41-26-28-43(29-27-41)47-31-30-40-14-7-8-19-46(40)38-47/h1-39H. The van der Waals surface area contributed by atoms with E-state index in [4.69, 9.17) is 4.42 Å². The number of anilines is 3. The van der Waals surface area contributed by atoms with Crippen LogP contribution in [0.1, 0.15) is 0 Å². The van der Waals surface area contributed by atoms with Crippen LogP contribution in [0, 0.1) is 0 Å². The van der Waals surface area contributed by atoms with E-state index >= 15 is 0 Å². The van der Waals surface area contributed by atoms with Gasteiger partial charge in [0.2, 0.25) is 0 Å². The molecule has 1 heterocycles. The topological polar surface area (TPSA) is 16.4 Å². The smallest absolute Gasteiger partial charge is 0.135 e. The van der Waals surface area contributed by atoms with Gasteiger partial charge in [0.05, 0.1) is 5.69 Å². The summed E-state index contributed by atoms with van der Waals surface area (Å²) in [6.07, 6.45) is 0. The Bertz CT molecular complexity index is 3290. The fourth-order valence-corrected chi connectivity index (χ4v) is 8.75. The van der Waals surface area contributed by atoms with E-state index in [0.717, 1.165) is 55.7 Å². The molecule has 0 unspecified atom stereocenters. The van der Waals surface area contributed by atoms with Gasteiger partial charge in [0.1, 0.15) is 11.2 Å². The zero-order chi connectivity index (χ0) is 39.8. The predicted octanol–water partition coefficient (Wildman–Crippen LogP) is 16.5. The second-order valence-electron chi connectivity index (χ2n) is 15.3. The molecule has 0 aliphatic carbocycles. The molecule has 1 aromatic heterocycles. The molecular formula is C58H39NO. The third-order valence-corrected chi connectivity index (χ3v) is 11.7. The molecular weight excluding hydrogens is 727 g/mol. The Balaban J connectivity index is 1.08. The maximum absolute atomic E-state index is 6.33. The fraction of sp³-hybridized carbons (Fsp3) is 0. The van der Waals surface area contributed by atoms with Crippen LogP contribution in [0.2, 0.25) is 0 Å². The van der Waals surface area contributed by atoms with Crippen molar-refractivity contribution in [3.63, 3.8) is 0 Å². The van der Waals surface area contributed by atoms with Crippen LogP contribution < -0.4 is 4.90 Å². The fourth-order valence-electron chi connectivity index (χ4n) is 8.75. The van der Waals surface area contributed by atoms with Gasteiger partial charge in [-0.25, -0.2) is 0 Å². The number of para-hydroxylation sites is 1. The van der Waals surface area contributed by atoms with E-state index in [2.05, 4.69) is 229 Å². The van der Waals surface area contributed by atoms with Crippen molar-refractivity contribution in [1.82, 2.24) is 0 Å². The molecule has 0 N–H and O–H groups in total. The largest absolute Gasteiger partial charge is 0.456 e. The van der Waals surface area contributed by atoms with Crippen molar-refractivity contribution >= 4 is 49.8 Å². The monoisotopic (exact) mass is 765 g/mol. The Hall–Kier alpha value is -7.94. The van der Waals surface area contributed by atoms with E-state index in [-0.39, 0.29) is 0 Å². The number of hydrogen-bond donors (Lipinski definition) is 0. The SMILES string of the molecule is c1ccc(-c2ccccc2-c2c(-c3ccccc3)cccc2N(c2ccc(-c3ccc(-c4ccc5ccccc5c4)cc3)cc2)c2ccc3oc4ccccc4c3c2)cc1. The molecule has 11 rings (SSSR count). The van der Waals surface area contributed by atoms with Gasteiger partial charge in [0.15, 0.2) is 0 Å². The van der Waals surface area contributed by atoms with Crippen LogP contribution in [0.15, 0.2) is 241 Å². The predicted molar refractivity (Wildman–Crippen MR) is 253 cm³/mol. The summed E-state index contributed by atoms with van der Waals surface area (Å²) in [6.45, 7) is 0. The lowest BCUT2D eigenvalue weighted by Gasteiger charge is -2.30. The molecule has 0 bridgehead atoms. The first-order valence-electron chi connectivity index (χ1n) is 20.5. The number of rotatable bonds is 8. The van der Waals surface area contributed by atoms with Crippen molar-refractivity contribution in [1.29, 1.82) is 0 Å². The molecule has 0 radical (unpaired) electrons. The molecule has 282 valence electrons. The van der Waals surface area contributed by atoms with Crippen molar-refractivity contribution in [2.45, 2.75) is 0 Å². The Kier molecular flexibility index (Phi) is 8.87. The normalized spacial score (nSPS) is 11.3. The minimum absolute atomic E-state index is 0.870. The van der Waals surface area contributed by atoms with Crippen LogP contribution in [-0.2, 0) is 0 Å². The summed E-state index contributed by atoms with van der Waals surface area (Å²) in [7, 11) is 0. The van der Waals surface area contributed by atoms with Crippen molar-refractivity contribution in [2.75, 3.05) is 4.90 Å². The van der Waals surface area contributed by atoms with Crippen LogP contribution >= 0.6 is 0 Å². The zero-order valence-electron chi connectivity index (χ0n) is 32.9. The second kappa shape index (κ2) is 15.1. The molecule has 0 aliphatic rings. The van der Waals surface area contributed by atoms with E-state index in [1.807, 2.05) is 12.1 Å². The maximum atomic E-state index is 6.33. The number of hydrogen-bond acceptors (Lipinski definition) is 2.